The lowest BCUT2D eigenvalue weighted by molar-refractivity contribution is -0.131. The molecule has 1 rings (SSSR count). The van der Waals surface area contributed by atoms with Crippen LogP contribution < -0.4 is 5.32 Å². The number of benzene rings is 1. The maximum atomic E-state index is 12.7. The average molecular weight is 377 g/mol. The zero-order chi connectivity index (χ0) is 16.3. The zero-order valence-corrected chi connectivity index (χ0v) is 15.1. The molecule has 0 aliphatic carbocycles. The van der Waals surface area contributed by atoms with Gasteiger partial charge in [0.1, 0.15) is 4.75 Å². The number of nitrogens with zero attached hydrogens (tertiary/aromatic N) is 1. The Kier molecular flexibility index (Phi) is 5.95. The van der Waals surface area contributed by atoms with Crippen LogP contribution in [0.2, 0.25) is 0 Å². The Morgan fingerprint density at radius 1 is 1.29 bits per heavy atom. The van der Waals surface area contributed by atoms with Crippen LogP contribution in [0.4, 0.5) is 0 Å². The number of rotatable bonds is 6. The highest BCUT2D eigenvalue weighted by atomic mass is 79.9. The van der Waals surface area contributed by atoms with Gasteiger partial charge in [-0.3, -0.25) is 4.79 Å². The normalized spacial score (nSPS) is 12.2. The second kappa shape index (κ2) is 6.89. The smallest absolute Gasteiger partial charge is 0.243 e. The van der Waals surface area contributed by atoms with Gasteiger partial charge in [0.2, 0.25) is 5.91 Å². The molecule has 21 heavy (non-hydrogen) atoms. The van der Waals surface area contributed by atoms with Crippen molar-refractivity contribution in [3.8, 4) is 0 Å². The molecular weight excluding hydrogens is 356 g/mol. The summed E-state index contributed by atoms with van der Waals surface area (Å²) >= 11 is 3.27. The van der Waals surface area contributed by atoms with E-state index in [-0.39, 0.29) is 4.90 Å². The van der Waals surface area contributed by atoms with Gasteiger partial charge in [-0.1, -0.05) is 15.9 Å². The van der Waals surface area contributed by atoms with Gasteiger partial charge in [-0.15, -0.1) is 0 Å². The van der Waals surface area contributed by atoms with E-state index in [1.807, 2.05) is 0 Å². The van der Waals surface area contributed by atoms with Crippen LogP contribution in [0.3, 0.4) is 0 Å². The Morgan fingerprint density at radius 2 is 1.81 bits per heavy atom. The molecule has 1 aromatic rings. The van der Waals surface area contributed by atoms with E-state index in [0.29, 0.717) is 13.1 Å². The Balaban J connectivity index is 3.09. The fourth-order valence-electron chi connectivity index (χ4n) is 1.86. The molecular formula is C14H21BrN2O3S. The predicted octanol–water partition coefficient (Wildman–Crippen LogP) is 1.68. The molecule has 0 radical (unpaired) electrons. The molecule has 0 aliphatic heterocycles. The van der Waals surface area contributed by atoms with Crippen LogP contribution >= 0.6 is 15.9 Å². The quantitative estimate of drug-likeness (QED) is 0.819. The minimum atomic E-state index is -3.76. The lowest BCUT2D eigenvalue weighted by Gasteiger charge is -2.29. The first-order valence-corrected chi connectivity index (χ1v) is 8.82. The van der Waals surface area contributed by atoms with E-state index >= 15 is 0 Å². The van der Waals surface area contributed by atoms with Crippen LogP contribution in [0.25, 0.3) is 0 Å². The van der Waals surface area contributed by atoms with Crippen LogP contribution in [0, 0.1) is 0 Å². The van der Waals surface area contributed by atoms with Crippen molar-refractivity contribution >= 4 is 31.7 Å². The van der Waals surface area contributed by atoms with Gasteiger partial charge in [0.05, 0.1) is 4.90 Å². The van der Waals surface area contributed by atoms with E-state index < -0.39 is 20.5 Å². The lowest BCUT2D eigenvalue weighted by Crippen LogP contribution is -2.49. The van der Waals surface area contributed by atoms with Gasteiger partial charge < -0.3 is 10.2 Å². The molecule has 7 heteroatoms. The van der Waals surface area contributed by atoms with Crippen molar-refractivity contribution in [2.24, 2.45) is 0 Å². The number of hydrogen-bond acceptors (Lipinski definition) is 4. The second-order valence-electron chi connectivity index (χ2n) is 5.30. The van der Waals surface area contributed by atoms with Crippen molar-refractivity contribution in [3.63, 3.8) is 0 Å². The molecule has 0 unspecified atom stereocenters. The first kappa shape index (κ1) is 18.1. The minimum absolute atomic E-state index is 0.145. The summed E-state index contributed by atoms with van der Waals surface area (Å²) < 4.78 is 24.7. The van der Waals surface area contributed by atoms with Crippen molar-refractivity contribution in [2.75, 3.05) is 27.2 Å². The molecule has 0 heterocycles. The molecule has 5 nitrogen and oxygen atoms in total. The van der Waals surface area contributed by atoms with Crippen LogP contribution in [0.5, 0.6) is 0 Å². The van der Waals surface area contributed by atoms with E-state index in [9.17, 15) is 13.2 Å². The van der Waals surface area contributed by atoms with Crippen molar-refractivity contribution in [1.82, 2.24) is 10.2 Å². The van der Waals surface area contributed by atoms with E-state index in [0.717, 1.165) is 4.47 Å². The molecule has 0 bridgehead atoms. The molecule has 0 spiro atoms. The fraction of sp³-hybridized carbons (Fsp3) is 0.500. The first-order valence-electron chi connectivity index (χ1n) is 6.55. The molecule has 0 fully saturated rings. The van der Waals surface area contributed by atoms with Crippen molar-refractivity contribution in [1.29, 1.82) is 0 Å². The molecule has 0 saturated carbocycles. The molecule has 118 valence electrons. The minimum Gasteiger partial charge on any atom is -0.343 e. The van der Waals surface area contributed by atoms with Crippen molar-refractivity contribution in [2.45, 2.75) is 23.5 Å². The van der Waals surface area contributed by atoms with E-state index in [1.54, 1.807) is 26.2 Å². The molecule has 1 aromatic carbocycles. The largest absolute Gasteiger partial charge is 0.343 e. The number of likely N-dealkylation sites (N-methyl/N-ethyl adjacent to an activating group) is 2. The van der Waals surface area contributed by atoms with Crippen LogP contribution in [0.1, 0.15) is 13.8 Å². The Bertz CT molecular complexity index is 597. The van der Waals surface area contributed by atoms with Gasteiger partial charge >= 0.3 is 0 Å². The van der Waals surface area contributed by atoms with Gasteiger partial charge in [-0.2, -0.15) is 0 Å². The summed E-state index contributed by atoms with van der Waals surface area (Å²) in [6.45, 7) is 3.95. The summed E-state index contributed by atoms with van der Waals surface area (Å²) in [5.74, 6) is -0.416. The van der Waals surface area contributed by atoms with Gasteiger partial charge in [0.15, 0.2) is 9.84 Å². The van der Waals surface area contributed by atoms with Crippen LogP contribution in [-0.4, -0.2) is 51.2 Å². The summed E-state index contributed by atoms with van der Waals surface area (Å²) in [4.78, 5) is 14.0. The first-order chi connectivity index (χ1) is 9.64. The number of sulfone groups is 1. The summed E-state index contributed by atoms with van der Waals surface area (Å²) in [5.41, 5.74) is 0. The van der Waals surface area contributed by atoms with E-state index in [1.165, 1.54) is 30.9 Å². The fourth-order valence-corrected chi connectivity index (χ4v) is 3.60. The van der Waals surface area contributed by atoms with Gasteiger partial charge in [-0.05, 0) is 45.2 Å². The standard InChI is InChI=1S/C14H21BrN2O3S/c1-14(2,13(18)17(4)10-9-16-3)21(19,20)12-7-5-11(15)6-8-12/h5-8,16H,9-10H2,1-4H3. The van der Waals surface area contributed by atoms with Crippen LogP contribution in [0.15, 0.2) is 33.6 Å². The summed E-state index contributed by atoms with van der Waals surface area (Å²) in [6, 6.07) is 6.31. The second-order valence-corrected chi connectivity index (χ2v) is 8.71. The zero-order valence-electron chi connectivity index (χ0n) is 12.7. The molecule has 0 saturated heterocycles. The third-order valence-corrected chi connectivity index (χ3v) is 6.29. The lowest BCUT2D eigenvalue weighted by atomic mass is 10.2. The average Bonchev–Trinajstić information content (AvgIpc) is 2.44. The molecule has 1 N–H and O–H groups in total. The third-order valence-electron chi connectivity index (χ3n) is 3.35. The van der Waals surface area contributed by atoms with Crippen molar-refractivity contribution < 1.29 is 13.2 Å². The SMILES string of the molecule is CNCCN(C)C(=O)C(C)(C)S(=O)(=O)c1ccc(Br)cc1. The number of carbonyl (C=O) groups excluding carboxylic acids is 1. The topological polar surface area (TPSA) is 66.5 Å². The van der Waals surface area contributed by atoms with E-state index in [4.69, 9.17) is 0 Å². The number of carbonyl (C=O) groups is 1. The van der Waals surface area contributed by atoms with Gasteiger partial charge in [-0.25, -0.2) is 8.42 Å². The van der Waals surface area contributed by atoms with Crippen molar-refractivity contribution in [3.05, 3.63) is 28.7 Å². The highest BCUT2D eigenvalue weighted by Crippen LogP contribution is 2.28. The van der Waals surface area contributed by atoms with E-state index in [2.05, 4.69) is 21.2 Å². The Labute approximate surface area is 134 Å². The Hall–Kier alpha value is -0.920. The number of nitrogens with one attached hydrogen (secondary N) is 1. The predicted molar refractivity (Wildman–Crippen MR) is 87.0 cm³/mol. The molecule has 0 aromatic heterocycles. The molecule has 1 amide bonds. The number of halogens is 1. The maximum Gasteiger partial charge on any atom is 0.243 e. The maximum absolute atomic E-state index is 12.7. The monoisotopic (exact) mass is 376 g/mol. The molecule has 0 aliphatic rings. The Morgan fingerprint density at radius 3 is 2.29 bits per heavy atom. The summed E-state index contributed by atoms with van der Waals surface area (Å²) in [6.07, 6.45) is 0. The van der Waals surface area contributed by atoms with Gasteiger partial charge in [0, 0.05) is 24.6 Å². The highest BCUT2D eigenvalue weighted by molar-refractivity contribution is 9.10. The highest BCUT2D eigenvalue weighted by Gasteiger charge is 2.44. The third kappa shape index (κ3) is 3.84. The number of amides is 1. The van der Waals surface area contributed by atoms with Crippen LogP contribution in [-0.2, 0) is 14.6 Å². The molecule has 0 atom stereocenters. The van der Waals surface area contributed by atoms with Gasteiger partial charge in [0.25, 0.3) is 0 Å². The summed E-state index contributed by atoms with van der Waals surface area (Å²) in [5, 5.41) is 2.93. The summed E-state index contributed by atoms with van der Waals surface area (Å²) in [7, 11) is -0.368. The number of hydrogen-bond donors (Lipinski definition) is 1.